The van der Waals surface area contributed by atoms with E-state index >= 15 is 0 Å². The summed E-state index contributed by atoms with van der Waals surface area (Å²) in [7, 11) is 0. The van der Waals surface area contributed by atoms with Gasteiger partial charge in [0.05, 0.1) is 12.3 Å². The van der Waals surface area contributed by atoms with E-state index in [2.05, 4.69) is 4.90 Å². The van der Waals surface area contributed by atoms with Crippen molar-refractivity contribution in [2.75, 3.05) is 18.0 Å². The number of thiazole rings is 1. The standard InChI is InChI=1S/C15H21N3OS/c19-11-12-13(16-14-18(12)9-10-20-14)17-7-5-15(6-8-17)3-1-2-4-15/h9-10,19H,1-8,11H2. The Kier molecular flexibility index (Phi) is 3.00. The van der Waals surface area contributed by atoms with Gasteiger partial charge in [0.2, 0.25) is 0 Å². The minimum absolute atomic E-state index is 0.0644. The van der Waals surface area contributed by atoms with Crippen LogP contribution < -0.4 is 4.90 Å². The highest BCUT2D eigenvalue weighted by molar-refractivity contribution is 7.15. The molecule has 0 amide bonds. The van der Waals surface area contributed by atoms with Gasteiger partial charge in [-0.05, 0) is 31.1 Å². The van der Waals surface area contributed by atoms with Gasteiger partial charge in [-0.2, -0.15) is 0 Å². The monoisotopic (exact) mass is 291 g/mol. The first-order valence-electron chi connectivity index (χ1n) is 7.62. The van der Waals surface area contributed by atoms with Crippen molar-refractivity contribution in [1.29, 1.82) is 0 Å². The number of aliphatic hydroxyl groups is 1. The largest absolute Gasteiger partial charge is 0.390 e. The number of anilines is 1. The molecule has 20 heavy (non-hydrogen) atoms. The summed E-state index contributed by atoms with van der Waals surface area (Å²) in [4.78, 5) is 8.10. The maximum absolute atomic E-state index is 9.68. The zero-order valence-electron chi connectivity index (χ0n) is 11.7. The molecule has 5 heteroatoms. The molecule has 0 bridgehead atoms. The third-order valence-corrected chi connectivity index (χ3v) is 6.03. The van der Waals surface area contributed by atoms with Crippen molar-refractivity contribution in [3.05, 3.63) is 17.3 Å². The quantitative estimate of drug-likeness (QED) is 0.924. The summed E-state index contributed by atoms with van der Waals surface area (Å²) < 4.78 is 2.03. The van der Waals surface area contributed by atoms with Gasteiger partial charge in [0.15, 0.2) is 10.8 Å². The Labute approximate surface area is 123 Å². The third-order valence-electron chi connectivity index (χ3n) is 5.28. The van der Waals surface area contributed by atoms with Crippen molar-refractivity contribution in [2.24, 2.45) is 5.41 Å². The first-order chi connectivity index (χ1) is 9.81. The molecule has 0 unspecified atom stereocenters. The number of imidazole rings is 1. The molecule has 4 nitrogen and oxygen atoms in total. The summed E-state index contributed by atoms with van der Waals surface area (Å²) in [6, 6.07) is 0. The van der Waals surface area contributed by atoms with Gasteiger partial charge >= 0.3 is 0 Å². The average molecular weight is 291 g/mol. The topological polar surface area (TPSA) is 40.8 Å². The maximum atomic E-state index is 9.68. The maximum Gasteiger partial charge on any atom is 0.195 e. The predicted molar refractivity (Wildman–Crippen MR) is 81.3 cm³/mol. The Morgan fingerprint density at radius 1 is 1.20 bits per heavy atom. The van der Waals surface area contributed by atoms with E-state index in [0.29, 0.717) is 5.41 Å². The van der Waals surface area contributed by atoms with Crippen LogP contribution in [0.4, 0.5) is 5.82 Å². The lowest BCUT2D eigenvalue weighted by molar-refractivity contribution is 0.225. The van der Waals surface area contributed by atoms with Gasteiger partial charge in [-0.25, -0.2) is 4.98 Å². The van der Waals surface area contributed by atoms with Crippen molar-refractivity contribution in [3.8, 4) is 0 Å². The number of rotatable bonds is 2. The zero-order valence-corrected chi connectivity index (χ0v) is 12.5. The summed E-state index contributed by atoms with van der Waals surface area (Å²) in [6.45, 7) is 2.25. The number of aliphatic hydroxyl groups excluding tert-OH is 1. The van der Waals surface area contributed by atoms with Crippen LogP contribution in [0.3, 0.4) is 0 Å². The number of nitrogens with zero attached hydrogens (tertiary/aromatic N) is 3. The number of piperidine rings is 1. The second kappa shape index (κ2) is 4.74. The molecule has 108 valence electrons. The SMILES string of the molecule is OCc1c(N2CCC3(CCCC3)CC2)nc2sccn12. The molecule has 1 aliphatic heterocycles. The second-order valence-corrected chi connectivity index (χ2v) is 7.16. The van der Waals surface area contributed by atoms with Crippen LogP contribution >= 0.6 is 11.3 Å². The summed E-state index contributed by atoms with van der Waals surface area (Å²) in [6.07, 6.45) is 10.3. The molecule has 2 aliphatic rings. The highest BCUT2D eigenvalue weighted by Crippen LogP contribution is 2.46. The van der Waals surface area contributed by atoms with E-state index in [4.69, 9.17) is 4.98 Å². The molecule has 0 atom stereocenters. The molecule has 2 aromatic rings. The molecule has 0 radical (unpaired) electrons. The van der Waals surface area contributed by atoms with Crippen molar-refractivity contribution in [3.63, 3.8) is 0 Å². The van der Waals surface area contributed by atoms with Crippen LogP contribution in [0, 0.1) is 5.41 Å². The van der Waals surface area contributed by atoms with Crippen molar-refractivity contribution in [2.45, 2.75) is 45.1 Å². The number of hydrogen-bond acceptors (Lipinski definition) is 4. The van der Waals surface area contributed by atoms with Gasteiger partial charge in [0.1, 0.15) is 0 Å². The Balaban J connectivity index is 1.59. The van der Waals surface area contributed by atoms with Gasteiger partial charge < -0.3 is 10.0 Å². The molecule has 2 aromatic heterocycles. The van der Waals surface area contributed by atoms with E-state index in [-0.39, 0.29) is 6.61 Å². The molecule has 1 saturated heterocycles. The van der Waals surface area contributed by atoms with Crippen LogP contribution in [0.2, 0.25) is 0 Å². The van der Waals surface area contributed by atoms with Crippen LogP contribution in [-0.2, 0) is 6.61 Å². The Bertz CT molecular complexity index is 602. The number of fused-ring (bicyclic) bond motifs is 1. The molecule has 4 rings (SSSR count). The molecular formula is C15H21N3OS. The molecule has 2 fully saturated rings. The highest BCUT2D eigenvalue weighted by atomic mass is 32.1. The fourth-order valence-electron chi connectivity index (χ4n) is 4.04. The Morgan fingerprint density at radius 2 is 1.95 bits per heavy atom. The minimum atomic E-state index is 0.0644. The Morgan fingerprint density at radius 3 is 2.65 bits per heavy atom. The smallest absolute Gasteiger partial charge is 0.195 e. The third kappa shape index (κ3) is 1.87. The summed E-state index contributed by atoms with van der Waals surface area (Å²) in [5, 5.41) is 11.7. The van der Waals surface area contributed by atoms with E-state index in [0.717, 1.165) is 29.6 Å². The molecule has 0 aromatic carbocycles. The average Bonchev–Trinajstić information content (AvgIpc) is 3.15. The van der Waals surface area contributed by atoms with Crippen molar-refractivity contribution in [1.82, 2.24) is 9.38 Å². The molecular weight excluding hydrogens is 270 g/mol. The normalized spacial score (nSPS) is 22.1. The second-order valence-electron chi connectivity index (χ2n) is 6.29. The van der Waals surface area contributed by atoms with E-state index in [1.807, 2.05) is 16.0 Å². The van der Waals surface area contributed by atoms with E-state index in [1.165, 1.54) is 38.5 Å². The molecule has 1 N–H and O–H groups in total. The summed E-state index contributed by atoms with van der Waals surface area (Å²) in [5.74, 6) is 1.01. The van der Waals surface area contributed by atoms with Crippen LogP contribution in [0.15, 0.2) is 11.6 Å². The highest BCUT2D eigenvalue weighted by Gasteiger charge is 2.37. The van der Waals surface area contributed by atoms with Gasteiger partial charge in [-0.15, -0.1) is 11.3 Å². The first kappa shape index (κ1) is 12.7. The van der Waals surface area contributed by atoms with E-state index < -0.39 is 0 Å². The number of aromatic nitrogens is 2. The fraction of sp³-hybridized carbons (Fsp3) is 0.667. The Hall–Kier alpha value is -1.07. The predicted octanol–water partition coefficient (Wildman–Crippen LogP) is 3.05. The summed E-state index contributed by atoms with van der Waals surface area (Å²) in [5.41, 5.74) is 1.58. The van der Waals surface area contributed by atoms with Crippen LogP contribution in [0.1, 0.15) is 44.2 Å². The van der Waals surface area contributed by atoms with Crippen molar-refractivity contribution >= 4 is 22.1 Å². The van der Waals surface area contributed by atoms with Gasteiger partial charge in [-0.1, -0.05) is 12.8 Å². The number of hydrogen-bond donors (Lipinski definition) is 1. The molecule has 1 aliphatic carbocycles. The van der Waals surface area contributed by atoms with Gasteiger partial charge in [-0.3, -0.25) is 4.40 Å². The first-order valence-corrected chi connectivity index (χ1v) is 8.50. The van der Waals surface area contributed by atoms with E-state index in [9.17, 15) is 5.11 Å². The van der Waals surface area contributed by atoms with Crippen LogP contribution in [0.5, 0.6) is 0 Å². The molecule has 1 spiro atoms. The fourth-order valence-corrected chi connectivity index (χ4v) is 4.77. The van der Waals surface area contributed by atoms with Crippen molar-refractivity contribution < 1.29 is 5.11 Å². The lowest BCUT2D eigenvalue weighted by atomic mass is 9.77. The van der Waals surface area contributed by atoms with E-state index in [1.54, 1.807) is 11.3 Å². The molecule has 1 saturated carbocycles. The zero-order chi connectivity index (χ0) is 13.6. The lowest BCUT2D eigenvalue weighted by Crippen LogP contribution is -2.39. The van der Waals surface area contributed by atoms with Gasteiger partial charge in [0.25, 0.3) is 0 Å². The lowest BCUT2D eigenvalue weighted by Gasteiger charge is -2.39. The van der Waals surface area contributed by atoms with Crippen LogP contribution in [0.25, 0.3) is 4.96 Å². The minimum Gasteiger partial charge on any atom is -0.390 e. The molecule has 3 heterocycles. The van der Waals surface area contributed by atoms with Gasteiger partial charge in [0, 0.05) is 24.7 Å². The van der Waals surface area contributed by atoms with Crippen LogP contribution in [-0.4, -0.2) is 27.6 Å². The summed E-state index contributed by atoms with van der Waals surface area (Å²) >= 11 is 1.63.